The van der Waals surface area contributed by atoms with E-state index in [4.69, 9.17) is 4.99 Å². The molecule has 0 spiro atoms. The molecule has 1 saturated heterocycles. The summed E-state index contributed by atoms with van der Waals surface area (Å²) >= 11 is 0. The van der Waals surface area contributed by atoms with Crippen LogP contribution in [0.5, 0.6) is 0 Å². The number of nitrogens with one attached hydrogen (secondary N) is 1. The predicted molar refractivity (Wildman–Crippen MR) is 103 cm³/mol. The van der Waals surface area contributed by atoms with Gasteiger partial charge >= 0.3 is 0 Å². The quantitative estimate of drug-likeness (QED) is 0.840. The van der Waals surface area contributed by atoms with Crippen molar-refractivity contribution >= 4 is 23.6 Å². The number of anilines is 1. The maximum Gasteiger partial charge on any atom is 0.281 e. The molecule has 3 rings (SSSR count). The molecule has 1 amide bonds. The van der Waals surface area contributed by atoms with Crippen LogP contribution in [0.4, 0.5) is 5.69 Å². The number of rotatable bonds is 2. The second-order valence-corrected chi connectivity index (χ2v) is 7.18. The van der Waals surface area contributed by atoms with Gasteiger partial charge in [0.2, 0.25) is 5.96 Å². The van der Waals surface area contributed by atoms with E-state index in [0.717, 1.165) is 16.8 Å². The first-order chi connectivity index (χ1) is 11.8. The van der Waals surface area contributed by atoms with E-state index < -0.39 is 0 Å². The summed E-state index contributed by atoms with van der Waals surface area (Å²) in [5.74, 6) is 0.458. The van der Waals surface area contributed by atoms with Gasteiger partial charge in [-0.25, -0.2) is 9.89 Å². The molecule has 0 unspecified atom stereocenters. The molecule has 1 aliphatic rings. The number of amides is 1. The number of carbonyl (C=O) groups excluding carboxylic acids is 1. The normalized spacial score (nSPS) is 18.1. The molecule has 25 heavy (non-hydrogen) atoms. The average molecular weight is 333 g/mol. The number of aliphatic imine (C=N–C) groups is 1. The van der Waals surface area contributed by atoms with Gasteiger partial charge in [-0.3, -0.25) is 4.79 Å². The van der Waals surface area contributed by atoms with Crippen LogP contribution >= 0.6 is 0 Å². The van der Waals surface area contributed by atoms with Gasteiger partial charge in [0.1, 0.15) is 5.70 Å². The van der Waals surface area contributed by atoms with Crippen LogP contribution in [0.15, 0.2) is 65.3 Å². The molecule has 4 heteroatoms. The summed E-state index contributed by atoms with van der Waals surface area (Å²) in [5, 5.41) is 3.20. The van der Waals surface area contributed by atoms with E-state index in [1.165, 1.54) is 0 Å². The average Bonchev–Trinajstić information content (AvgIpc) is 2.83. The van der Waals surface area contributed by atoms with Gasteiger partial charge in [-0.15, -0.1) is 0 Å². The van der Waals surface area contributed by atoms with Gasteiger partial charge in [-0.05, 0) is 51.5 Å². The number of nitrogens with zero attached hydrogens (tertiary/aromatic N) is 2. The molecule has 0 bridgehead atoms. The van der Waals surface area contributed by atoms with Crippen molar-refractivity contribution in [3.05, 3.63) is 71.4 Å². The zero-order chi connectivity index (χ0) is 18.0. The Morgan fingerprint density at radius 2 is 1.64 bits per heavy atom. The summed E-state index contributed by atoms with van der Waals surface area (Å²) in [6.07, 6.45) is 1.86. The SMILES string of the molecule is Cc1ccc(N2C(=O)/C(=C\c3ccccc3)NC2=NC(C)(C)C)cc1. The van der Waals surface area contributed by atoms with Crippen LogP contribution in [0.25, 0.3) is 6.08 Å². The predicted octanol–water partition coefficient (Wildman–Crippen LogP) is 4.13. The van der Waals surface area contributed by atoms with E-state index in [2.05, 4.69) is 5.32 Å². The Bertz CT molecular complexity index is 828. The summed E-state index contributed by atoms with van der Waals surface area (Å²) in [6.45, 7) is 8.06. The van der Waals surface area contributed by atoms with Crippen LogP contribution in [0.3, 0.4) is 0 Å². The lowest BCUT2D eigenvalue weighted by atomic mass is 10.1. The molecule has 1 N–H and O–H groups in total. The minimum Gasteiger partial charge on any atom is -0.321 e. The maximum absolute atomic E-state index is 13.0. The first-order valence-electron chi connectivity index (χ1n) is 8.38. The van der Waals surface area contributed by atoms with Crippen LogP contribution in [0, 0.1) is 6.92 Å². The van der Waals surface area contributed by atoms with Gasteiger partial charge in [-0.2, -0.15) is 0 Å². The molecule has 0 aromatic heterocycles. The molecule has 0 atom stereocenters. The lowest BCUT2D eigenvalue weighted by Gasteiger charge is -2.19. The summed E-state index contributed by atoms with van der Waals surface area (Å²) in [7, 11) is 0. The Morgan fingerprint density at radius 1 is 1.00 bits per heavy atom. The Kier molecular flexibility index (Phi) is 4.45. The zero-order valence-electron chi connectivity index (χ0n) is 15.1. The first-order valence-corrected chi connectivity index (χ1v) is 8.38. The lowest BCUT2D eigenvalue weighted by molar-refractivity contribution is -0.113. The lowest BCUT2D eigenvalue weighted by Crippen LogP contribution is -2.34. The second kappa shape index (κ2) is 6.55. The van der Waals surface area contributed by atoms with E-state index in [0.29, 0.717) is 11.7 Å². The minimum absolute atomic E-state index is 0.101. The summed E-state index contributed by atoms with van der Waals surface area (Å²) < 4.78 is 0. The van der Waals surface area contributed by atoms with Crippen molar-refractivity contribution in [2.75, 3.05) is 4.90 Å². The van der Waals surface area contributed by atoms with Crippen LogP contribution in [-0.4, -0.2) is 17.4 Å². The zero-order valence-corrected chi connectivity index (χ0v) is 15.1. The Labute approximate surface area is 148 Å². The maximum atomic E-state index is 13.0. The third-order valence-corrected chi connectivity index (χ3v) is 3.74. The highest BCUT2D eigenvalue weighted by Gasteiger charge is 2.34. The van der Waals surface area contributed by atoms with Crippen molar-refractivity contribution in [1.29, 1.82) is 0 Å². The Hall–Kier alpha value is -2.88. The van der Waals surface area contributed by atoms with Crippen LogP contribution in [0.1, 0.15) is 31.9 Å². The van der Waals surface area contributed by atoms with E-state index >= 15 is 0 Å². The molecule has 1 heterocycles. The second-order valence-electron chi connectivity index (χ2n) is 7.18. The van der Waals surface area contributed by atoms with E-state index in [1.807, 2.05) is 88.4 Å². The summed E-state index contributed by atoms with van der Waals surface area (Å²) in [5.41, 5.74) is 3.16. The molecule has 1 aliphatic heterocycles. The molecule has 1 fully saturated rings. The summed E-state index contributed by atoms with van der Waals surface area (Å²) in [4.78, 5) is 19.3. The van der Waals surface area contributed by atoms with Crippen molar-refractivity contribution in [2.45, 2.75) is 33.2 Å². The largest absolute Gasteiger partial charge is 0.321 e. The monoisotopic (exact) mass is 333 g/mol. The third kappa shape index (κ3) is 3.97. The van der Waals surface area contributed by atoms with Gasteiger partial charge < -0.3 is 5.32 Å². The smallest absolute Gasteiger partial charge is 0.281 e. The van der Waals surface area contributed by atoms with Crippen molar-refractivity contribution in [3.8, 4) is 0 Å². The molecule has 2 aromatic rings. The van der Waals surface area contributed by atoms with Crippen LogP contribution in [-0.2, 0) is 4.79 Å². The Morgan fingerprint density at radius 3 is 2.24 bits per heavy atom. The van der Waals surface area contributed by atoms with Gasteiger partial charge in [0, 0.05) is 0 Å². The number of carbonyl (C=O) groups is 1. The third-order valence-electron chi connectivity index (χ3n) is 3.74. The Balaban J connectivity index is 2.04. The first kappa shape index (κ1) is 17.0. The number of hydrogen-bond donors (Lipinski definition) is 1. The van der Waals surface area contributed by atoms with Crippen LogP contribution < -0.4 is 10.2 Å². The molecule has 0 saturated carbocycles. The molecule has 2 aromatic carbocycles. The van der Waals surface area contributed by atoms with E-state index in [9.17, 15) is 4.79 Å². The topological polar surface area (TPSA) is 44.7 Å². The fraction of sp³-hybridized carbons (Fsp3) is 0.238. The fourth-order valence-electron chi connectivity index (χ4n) is 2.59. The van der Waals surface area contributed by atoms with E-state index in [-0.39, 0.29) is 11.4 Å². The van der Waals surface area contributed by atoms with Gasteiger partial charge in [0.15, 0.2) is 0 Å². The van der Waals surface area contributed by atoms with Crippen molar-refractivity contribution in [3.63, 3.8) is 0 Å². The highest BCUT2D eigenvalue weighted by atomic mass is 16.2. The van der Waals surface area contributed by atoms with Crippen LogP contribution in [0.2, 0.25) is 0 Å². The number of aryl methyl sites for hydroxylation is 1. The molecule has 0 radical (unpaired) electrons. The molecule has 0 aliphatic carbocycles. The van der Waals surface area contributed by atoms with Crippen molar-refractivity contribution in [1.82, 2.24) is 5.32 Å². The van der Waals surface area contributed by atoms with E-state index in [1.54, 1.807) is 4.90 Å². The van der Waals surface area contributed by atoms with Gasteiger partial charge in [0.05, 0.1) is 11.2 Å². The standard InChI is InChI=1S/C21H23N3O/c1-15-10-12-17(13-11-15)24-19(25)18(14-16-8-6-5-7-9-16)22-20(24)23-21(2,3)4/h5-14H,1-4H3,(H,22,23)/b18-14+. The van der Waals surface area contributed by atoms with Gasteiger partial charge in [0.25, 0.3) is 5.91 Å². The summed E-state index contributed by atoms with van der Waals surface area (Å²) in [6, 6.07) is 17.7. The molecule has 128 valence electrons. The van der Waals surface area contributed by atoms with Crippen molar-refractivity contribution in [2.24, 2.45) is 4.99 Å². The fourth-order valence-corrected chi connectivity index (χ4v) is 2.59. The molecular formula is C21H23N3O. The number of guanidine groups is 1. The highest BCUT2D eigenvalue weighted by molar-refractivity contribution is 6.29. The highest BCUT2D eigenvalue weighted by Crippen LogP contribution is 2.24. The molecule has 4 nitrogen and oxygen atoms in total. The minimum atomic E-state index is -0.298. The number of benzene rings is 2. The van der Waals surface area contributed by atoms with Gasteiger partial charge in [-0.1, -0.05) is 48.0 Å². The molecular weight excluding hydrogens is 310 g/mol. The van der Waals surface area contributed by atoms with Crippen molar-refractivity contribution < 1.29 is 4.79 Å². The number of hydrogen-bond acceptors (Lipinski definition) is 2.